The van der Waals surface area contributed by atoms with Gasteiger partial charge in [0.2, 0.25) is 0 Å². The van der Waals surface area contributed by atoms with Crippen LogP contribution in [0.4, 0.5) is 0 Å². The van der Waals surface area contributed by atoms with Crippen LogP contribution in [0, 0.1) is 11.3 Å². The Morgan fingerprint density at radius 2 is 2.36 bits per heavy atom. The molecule has 0 bridgehead atoms. The zero-order valence-electron chi connectivity index (χ0n) is 6.64. The molecule has 0 spiro atoms. The van der Waals surface area contributed by atoms with E-state index < -0.39 is 0 Å². The van der Waals surface area contributed by atoms with Gasteiger partial charge in [-0.2, -0.15) is 5.26 Å². The van der Waals surface area contributed by atoms with Crippen molar-refractivity contribution in [1.29, 1.82) is 5.26 Å². The number of nitriles is 1. The summed E-state index contributed by atoms with van der Waals surface area (Å²) in [6, 6.07) is 1.96. The quantitative estimate of drug-likeness (QED) is 0.307. The summed E-state index contributed by atoms with van der Waals surface area (Å²) >= 11 is 3.33. The Hall–Kier alpha value is -0.490. The van der Waals surface area contributed by atoms with Crippen molar-refractivity contribution >= 4 is 15.9 Å². The number of methoxy groups -OCH3 is 1. The maximum absolute atomic E-state index is 8.43. The average Bonchev–Trinajstić information content (AvgIpc) is 2.05. The summed E-state index contributed by atoms with van der Waals surface area (Å²) in [6.45, 7) is 0. The average molecular weight is 218 g/mol. The molecule has 0 atom stereocenters. The summed E-state index contributed by atoms with van der Waals surface area (Å²) in [5.41, 5.74) is 0. The molecule has 0 aliphatic rings. The summed E-state index contributed by atoms with van der Waals surface area (Å²) in [6.07, 6.45) is 4.98. The van der Waals surface area contributed by atoms with Crippen LogP contribution in [0.25, 0.3) is 0 Å². The third-order valence-corrected chi connectivity index (χ3v) is 1.81. The van der Waals surface area contributed by atoms with Gasteiger partial charge in [0, 0.05) is 5.33 Å². The van der Waals surface area contributed by atoms with Crippen molar-refractivity contribution < 1.29 is 4.74 Å². The monoisotopic (exact) mass is 217 g/mol. The molecule has 0 unspecified atom stereocenters. The summed E-state index contributed by atoms with van der Waals surface area (Å²) in [4.78, 5) is 0. The molecule has 0 rings (SSSR count). The van der Waals surface area contributed by atoms with Crippen LogP contribution in [0.5, 0.6) is 0 Å². The summed E-state index contributed by atoms with van der Waals surface area (Å²) in [5, 5.41) is 9.45. The molecule has 3 heteroatoms. The zero-order chi connectivity index (χ0) is 8.53. The van der Waals surface area contributed by atoms with E-state index in [2.05, 4.69) is 15.9 Å². The molecular weight excluding hydrogens is 206 g/mol. The molecule has 11 heavy (non-hydrogen) atoms. The number of rotatable bonds is 5. The Labute approximate surface area is 76.0 Å². The van der Waals surface area contributed by atoms with Crippen molar-refractivity contribution in [2.45, 2.75) is 19.3 Å². The Morgan fingerprint density at radius 1 is 1.64 bits per heavy atom. The second kappa shape index (κ2) is 7.62. The van der Waals surface area contributed by atoms with E-state index in [0.29, 0.717) is 5.76 Å². The fraction of sp³-hybridized carbons (Fsp3) is 0.625. The number of unbranched alkanes of at least 4 members (excludes halogenated alkanes) is 2. The molecular formula is C8H12BrNO. The summed E-state index contributed by atoms with van der Waals surface area (Å²) < 4.78 is 4.77. The van der Waals surface area contributed by atoms with Gasteiger partial charge in [-0.3, -0.25) is 0 Å². The minimum atomic E-state index is 0.416. The van der Waals surface area contributed by atoms with Gasteiger partial charge in [0.25, 0.3) is 0 Å². The van der Waals surface area contributed by atoms with E-state index in [0.717, 1.165) is 24.6 Å². The highest BCUT2D eigenvalue weighted by Gasteiger charge is 1.90. The molecule has 0 N–H and O–H groups in total. The first-order valence-electron chi connectivity index (χ1n) is 3.55. The van der Waals surface area contributed by atoms with Gasteiger partial charge in [-0.05, 0) is 25.3 Å². The van der Waals surface area contributed by atoms with E-state index in [1.54, 1.807) is 0 Å². The predicted octanol–water partition coefficient (Wildman–Crippen LogP) is 2.61. The normalized spacial score (nSPS) is 10.8. The van der Waals surface area contributed by atoms with Crippen LogP contribution in [-0.4, -0.2) is 12.4 Å². The molecule has 0 aliphatic carbocycles. The van der Waals surface area contributed by atoms with Crippen LogP contribution in [0.15, 0.2) is 11.8 Å². The lowest BCUT2D eigenvalue weighted by molar-refractivity contribution is 0.308. The second-order valence-corrected chi connectivity index (χ2v) is 2.86. The number of allylic oxidation sites excluding steroid dienone is 2. The fourth-order valence-corrected chi connectivity index (χ4v) is 1.04. The van der Waals surface area contributed by atoms with E-state index in [9.17, 15) is 0 Å². The Morgan fingerprint density at radius 3 is 2.82 bits per heavy atom. The number of alkyl halides is 1. The van der Waals surface area contributed by atoms with Crippen molar-refractivity contribution in [2.24, 2.45) is 0 Å². The van der Waals surface area contributed by atoms with E-state index in [1.807, 2.05) is 12.1 Å². The Bertz CT molecular complexity index is 160. The summed E-state index contributed by atoms with van der Waals surface area (Å²) in [5.74, 6) is 0.416. The van der Waals surface area contributed by atoms with Crippen LogP contribution >= 0.6 is 15.9 Å². The molecule has 0 radical (unpaired) electrons. The molecule has 0 aromatic carbocycles. The van der Waals surface area contributed by atoms with Gasteiger partial charge in [0.05, 0.1) is 7.11 Å². The first-order valence-corrected chi connectivity index (χ1v) is 4.67. The number of halogens is 1. The van der Waals surface area contributed by atoms with Gasteiger partial charge in [-0.15, -0.1) is 0 Å². The first kappa shape index (κ1) is 10.5. The molecule has 0 amide bonds. The predicted molar refractivity (Wildman–Crippen MR) is 48.4 cm³/mol. The van der Waals surface area contributed by atoms with Gasteiger partial charge in [0.1, 0.15) is 6.07 Å². The third kappa shape index (κ3) is 5.93. The van der Waals surface area contributed by atoms with E-state index in [-0.39, 0.29) is 0 Å². The molecule has 0 aromatic rings. The van der Waals surface area contributed by atoms with Crippen molar-refractivity contribution in [1.82, 2.24) is 0 Å². The Balaban J connectivity index is 3.47. The minimum absolute atomic E-state index is 0.416. The highest BCUT2D eigenvalue weighted by molar-refractivity contribution is 9.09. The maximum atomic E-state index is 8.43. The number of hydrogen-bond donors (Lipinski definition) is 0. The summed E-state index contributed by atoms with van der Waals surface area (Å²) in [7, 11) is 1.51. The van der Waals surface area contributed by atoms with Gasteiger partial charge >= 0.3 is 0 Å². The van der Waals surface area contributed by atoms with Crippen molar-refractivity contribution in [3.05, 3.63) is 11.8 Å². The van der Waals surface area contributed by atoms with Gasteiger partial charge in [-0.1, -0.05) is 15.9 Å². The van der Waals surface area contributed by atoms with Crippen LogP contribution in [0.2, 0.25) is 0 Å². The molecule has 0 saturated carbocycles. The molecule has 0 saturated heterocycles. The van der Waals surface area contributed by atoms with Crippen LogP contribution in [-0.2, 0) is 4.74 Å². The third-order valence-electron chi connectivity index (χ3n) is 1.25. The van der Waals surface area contributed by atoms with Gasteiger partial charge in [-0.25, -0.2) is 0 Å². The number of hydrogen-bond acceptors (Lipinski definition) is 2. The number of ether oxygens (including phenoxy) is 1. The molecule has 2 nitrogen and oxygen atoms in total. The highest BCUT2D eigenvalue weighted by Crippen LogP contribution is 2.02. The van der Waals surface area contributed by atoms with Crippen molar-refractivity contribution in [3.63, 3.8) is 0 Å². The van der Waals surface area contributed by atoms with E-state index >= 15 is 0 Å². The van der Waals surface area contributed by atoms with Crippen LogP contribution < -0.4 is 0 Å². The van der Waals surface area contributed by atoms with Crippen molar-refractivity contribution in [2.75, 3.05) is 12.4 Å². The Kier molecular flexibility index (Phi) is 7.28. The minimum Gasteiger partial charge on any atom is -0.487 e. The van der Waals surface area contributed by atoms with E-state index in [1.165, 1.54) is 7.11 Å². The zero-order valence-corrected chi connectivity index (χ0v) is 8.23. The highest BCUT2D eigenvalue weighted by atomic mass is 79.9. The largest absolute Gasteiger partial charge is 0.487 e. The van der Waals surface area contributed by atoms with Gasteiger partial charge in [0.15, 0.2) is 5.76 Å². The van der Waals surface area contributed by atoms with E-state index in [4.69, 9.17) is 10.00 Å². The van der Waals surface area contributed by atoms with Crippen molar-refractivity contribution in [3.8, 4) is 6.07 Å². The molecule has 0 fully saturated rings. The standard InChI is InChI=1S/C8H12BrNO/c1-11-8(7-10)5-3-2-4-6-9/h5H,2-4,6H2,1H3/b8-5-. The lowest BCUT2D eigenvalue weighted by atomic mass is 10.2. The van der Waals surface area contributed by atoms with Crippen LogP contribution in [0.3, 0.4) is 0 Å². The first-order chi connectivity index (χ1) is 5.35. The van der Waals surface area contributed by atoms with Crippen LogP contribution in [0.1, 0.15) is 19.3 Å². The second-order valence-electron chi connectivity index (χ2n) is 2.07. The maximum Gasteiger partial charge on any atom is 0.192 e. The topological polar surface area (TPSA) is 33.0 Å². The molecule has 62 valence electrons. The molecule has 0 aromatic heterocycles. The molecule has 0 aliphatic heterocycles. The number of nitrogens with zero attached hydrogens (tertiary/aromatic N) is 1. The smallest absolute Gasteiger partial charge is 0.192 e. The fourth-order valence-electron chi connectivity index (χ4n) is 0.647. The van der Waals surface area contributed by atoms with Gasteiger partial charge < -0.3 is 4.74 Å². The molecule has 0 heterocycles. The lowest BCUT2D eigenvalue weighted by Crippen LogP contribution is -1.82. The SMILES string of the molecule is CO/C(C#N)=C\CCCCBr. The lowest BCUT2D eigenvalue weighted by Gasteiger charge is -1.94.